The number of hydrogen-bond donors (Lipinski definition) is 0. The van der Waals surface area contributed by atoms with Gasteiger partial charge in [-0.25, -0.2) is 19.4 Å². The maximum atomic E-state index is 12.8. The highest BCUT2D eigenvalue weighted by Crippen LogP contribution is 2.35. The Kier molecular flexibility index (Phi) is 8.14. The van der Waals surface area contributed by atoms with E-state index in [-0.39, 0.29) is 12.0 Å². The maximum Gasteiger partial charge on any atom is 0.415 e. The minimum atomic E-state index is -0.727. The fourth-order valence-electron chi connectivity index (χ4n) is 4.08. The molecule has 0 aromatic carbocycles. The average molecular weight is 508 g/mol. The Balaban J connectivity index is 1.71. The average Bonchev–Trinajstić information content (AvgIpc) is 3.26. The summed E-state index contributed by atoms with van der Waals surface area (Å²) in [6, 6.07) is -0.727. The number of carbonyl (C=O) groups is 3. The molecule has 0 spiro atoms. The van der Waals surface area contributed by atoms with Gasteiger partial charge in [0.2, 0.25) is 0 Å². The van der Waals surface area contributed by atoms with E-state index in [1.165, 1.54) is 23.3 Å². The molecular weight excluding hydrogens is 470 g/mol. The molecule has 1 atom stereocenters. The molecule has 0 bridgehead atoms. The first-order valence-corrected chi connectivity index (χ1v) is 12.9. The number of thiazole rings is 1. The molecule has 3 rings (SSSR count). The van der Waals surface area contributed by atoms with Crippen LogP contribution in [0.5, 0.6) is 0 Å². The van der Waals surface area contributed by atoms with E-state index in [1.807, 2.05) is 26.2 Å². The van der Waals surface area contributed by atoms with Crippen LogP contribution in [0, 0.1) is 0 Å². The highest BCUT2D eigenvalue weighted by molar-refractivity contribution is 7.10. The van der Waals surface area contributed by atoms with Crippen molar-refractivity contribution >= 4 is 35.1 Å². The molecule has 1 saturated heterocycles. The van der Waals surface area contributed by atoms with Crippen molar-refractivity contribution in [2.45, 2.75) is 90.4 Å². The number of carbonyl (C=O) groups excluding carboxylic acids is 3. The Bertz CT molecular complexity index is 967. The van der Waals surface area contributed by atoms with Crippen LogP contribution in [0.2, 0.25) is 0 Å². The van der Waals surface area contributed by atoms with Crippen LogP contribution in [0.15, 0.2) is 11.6 Å². The molecule has 10 heteroatoms. The van der Waals surface area contributed by atoms with Crippen LogP contribution in [0.4, 0.5) is 9.59 Å². The zero-order chi connectivity index (χ0) is 26.0. The zero-order valence-electron chi connectivity index (χ0n) is 21.8. The van der Waals surface area contributed by atoms with E-state index in [2.05, 4.69) is 0 Å². The number of allylic oxidation sites excluding steroid dienone is 1. The highest BCUT2D eigenvalue weighted by Gasteiger charge is 2.36. The van der Waals surface area contributed by atoms with Gasteiger partial charge in [0.05, 0.1) is 12.8 Å². The van der Waals surface area contributed by atoms with Crippen LogP contribution in [0.3, 0.4) is 0 Å². The van der Waals surface area contributed by atoms with Crippen molar-refractivity contribution in [2.75, 3.05) is 20.2 Å². The van der Waals surface area contributed by atoms with Crippen LogP contribution in [-0.4, -0.2) is 70.4 Å². The second-order valence-corrected chi connectivity index (χ2v) is 11.8. The van der Waals surface area contributed by atoms with E-state index >= 15 is 0 Å². The molecule has 1 fully saturated rings. The van der Waals surface area contributed by atoms with Crippen molar-refractivity contribution in [3.63, 3.8) is 0 Å². The van der Waals surface area contributed by atoms with E-state index in [0.29, 0.717) is 25.9 Å². The lowest BCUT2D eigenvalue weighted by Crippen LogP contribution is -2.46. The SMILES string of the molecule is COC(=O)C1CCC(c2nc(C3CCN(C(=O)OC(C)(C)C)CC3)cs2)=CN1C(=O)OC(C)(C)C. The summed E-state index contributed by atoms with van der Waals surface area (Å²) in [7, 11) is 1.32. The maximum absolute atomic E-state index is 12.8. The molecule has 2 aliphatic rings. The molecule has 0 radical (unpaired) electrons. The summed E-state index contributed by atoms with van der Waals surface area (Å²) < 4.78 is 15.9. The van der Waals surface area contributed by atoms with Gasteiger partial charge in [0, 0.05) is 36.2 Å². The largest absolute Gasteiger partial charge is 0.467 e. The van der Waals surface area contributed by atoms with Gasteiger partial charge in [-0.2, -0.15) is 0 Å². The van der Waals surface area contributed by atoms with Gasteiger partial charge in [0.1, 0.15) is 22.3 Å². The summed E-state index contributed by atoms with van der Waals surface area (Å²) in [6.45, 7) is 12.2. The third-order valence-corrected chi connectivity index (χ3v) is 6.69. The van der Waals surface area contributed by atoms with Crippen LogP contribution in [0.1, 0.15) is 83.8 Å². The summed E-state index contributed by atoms with van der Waals surface area (Å²) in [5, 5.41) is 2.88. The number of nitrogens with zero attached hydrogens (tertiary/aromatic N) is 3. The first kappa shape index (κ1) is 27.0. The van der Waals surface area contributed by atoms with Crippen molar-refractivity contribution in [3.8, 4) is 0 Å². The topological polar surface area (TPSA) is 98.3 Å². The molecule has 1 aromatic rings. The number of methoxy groups -OCH3 is 1. The third-order valence-electron chi connectivity index (χ3n) is 5.76. The van der Waals surface area contributed by atoms with Gasteiger partial charge in [-0.3, -0.25) is 4.90 Å². The molecular formula is C25H37N3O6S. The lowest BCUT2D eigenvalue weighted by Gasteiger charge is -2.33. The predicted molar refractivity (Wildman–Crippen MR) is 133 cm³/mol. The Morgan fingerprint density at radius 3 is 2.14 bits per heavy atom. The number of piperidine rings is 1. The minimum Gasteiger partial charge on any atom is -0.467 e. The summed E-state index contributed by atoms with van der Waals surface area (Å²) >= 11 is 1.53. The molecule has 2 amide bonds. The molecule has 2 aliphatic heterocycles. The fourth-order valence-corrected chi connectivity index (χ4v) is 5.03. The van der Waals surface area contributed by atoms with Gasteiger partial charge in [-0.1, -0.05) is 0 Å². The molecule has 0 N–H and O–H groups in total. The zero-order valence-corrected chi connectivity index (χ0v) is 22.6. The fraction of sp³-hybridized carbons (Fsp3) is 0.680. The summed E-state index contributed by atoms with van der Waals surface area (Å²) in [5.41, 5.74) is 0.684. The van der Waals surface area contributed by atoms with Crippen LogP contribution < -0.4 is 0 Å². The van der Waals surface area contributed by atoms with Gasteiger partial charge < -0.3 is 19.1 Å². The summed E-state index contributed by atoms with van der Waals surface area (Å²) in [5.74, 6) is -0.213. The van der Waals surface area contributed by atoms with Crippen LogP contribution >= 0.6 is 11.3 Å². The van der Waals surface area contributed by atoms with Crippen molar-refractivity contribution in [2.24, 2.45) is 0 Å². The van der Waals surface area contributed by atoms with Crippen molar-refractivity contribution in [1.29, 1.82) is 0 Å². The number of esters is 1. The van der Waals surface area contributed by atoms with Crippen LogP contribution in [0.25, 0.3) is 5.57 Å². The normalized spacial score (nSPS) is 19.7. The number of aromatic nitrogens is 1. The Labute approximate surface area is 211 Å². The lowest BCUT2D eigenvalue weighted by atomic mass is 9.94. The standard InChI is InChI=1S/C25H37N3O6S/c1-24(2,3)33-22(30)27-12-10-16(11-13-27)18-15-35-20(26-18)17-8-9-19(21(29)32-7)28(14-17)23(31)34-25(4,5)6/h14-16,19H,8-13H2,1-7H3. The molecule has 0 aliphatic carbocycles. The molecule has 1 unspecified atom stereocenters. The van der Waals surface area contributed by atoms with E-state index in [0.717, 1.165) is 29.1 Å². The van der Waals surface area contributed by atoms with Gasteiger partial charge in [-0.15, -0.1) is 11.3 Å². The smallest absolute Gasteiger partial charge is 0.415 e. The van der Waals surface area contributed by atoms with Gasteiger partial charge in [0.15, 0.2) is 0 Å². The van der Waals surface area contributed by atoms with Crippen molar-refractivity contribution in [3.05, 3.63) is 22.3 Å². The van der Waals surface area contributed by atoms with Gasteiger partial charge >= 0.3 is 18.2 Å². The molecule has 3 heterocycles. The van der Waals surface area contributed by atoms with E-state index < -0.39 is 29.3 Å². The predicted octanol–water partition coefficient (Wildman–Crippen LogP) is 5.17. The second-order valence-electron chi connectivity index (χ2n) is 10.9. The molecule has 1 aromatic heterocycles. The monoisotopic (exact) mass is 507 g/mol. The molecule has 0 saturated carbocycles. The first-order chi connectivity index (χ1) is 16.3. The van der Waals surface area contributed by atoms with Crippen molar-refractivity contribution < 1.29 is 28.6 Å². The number of rotatable bonds is 3. The van der Waals surface area contributed by atoms with Gasteiger partial charge in [-0.05, 0) is 67.2 Å². The van der Waals surface area contributed by atoms with Crippen LogP contribution in [-0.2, 0) is 19.0 Å². The third kappa shape index (κ3) is 7.19. The number of hydrogen-bond acceptors (Lipinski definition) is 8. The van der Waals surface area contributed by atoms with E-state index in [4.69, 9.17) is 19.2 Å². The van der Waals surface area contributed by atoms with Crippen molar-refractivity contribution in [1.82, 2.24) is 14.8 Å². The highest BCUT2D eigenvalue weighted by atomic mass is 32.1. The quantitative estimate of drug-likeness (QED) is 0.411. The number of ether oxygens (including phenoxy) is 3. The minimum absolute atomic E-state index is 0.257. The first-order valence-electron chi connectivity index (χ1n) is 12.0. The Morgan fingerprint density at radius 2 is 1.57 bits per heavy atom. The summed E-state index contributed by atoms with van der Waals surface area (Å²) in [6.07, 6.45) is 3.48. The lowest BCUT2D eigenvalue weighted by molar-refractivity contribution is -0.146. The number of likely N-dealkylation sites (tertiary alicyclic amines) is 1. The Hall–Kier alpha value is -2.62. The second kappa shape index (κ2) is 10.6. The molecule has 35 heavy (non-hydrogen) atoms. The number of amides is 2. The molecule has 9 nitrogen and oxygen atoms in total. The van der Waals surface area contributed by atoms with Gasteiger partial charge in [0.25, 0.3) is 0 Å². The van der Waals surface area contributed by atoms with E-state index in [1.54, 1.807) is 31.9 Å². The van der Waals surface area contributed by atoms with E-state index in [9.17, 15) is 14.4 Å². The molecule has 194 valence electrons. The Morgan fingerprint density at radius 1 is 0.971 bits per heavy atom. The summed E-state index contributed by atoms with van der Waals surface area (Å²) in [4.78, 5) is 45.4.